The smallest absolute Gasteiger partial charge is 0.228 e. The van der Waals surface area contributed by atoms with Crippen LogP contribution in [0.3, 0.4) is 0 Å². The number of carbonyl (C=O) groups excluding carboxylic acids is 2. The van der Waals surface area contributed by atoms with Crippen LogP contribution in [0.2, 0.25) is 0 Å². The first kappa shape index (κ1) is 17.7. The Bertz CT molecular complexity index is 609. The standard InChI is InChI=1S/C19H27N3O3/c1-20-12-14-7-9-21(10-8-14)19(24)15-11-18(23)22(13-15)16-3-5-17(25-2)6-4-16/h3-6,14-15,20H,7-13H2,1-2H3. The highest BCUT2D eigenvalue weighted by atomic mass is 16.5. The number of piperidine rings is 1. The van der Waals surface area contributed by atoms with Crippen LogP contribution in [-0.4, -0.2) is 57.1 Å². The average molecular weight is 345 g/mol. The Balaban J connectivity index is 1.59. The van der Waals surface area contributed by atoms with Crippen LogP contribution in [0.4, 0.5) is 5.69 Å². The topological polar surface area (TPSA) is 61.9 Å². The van der Waals surface area contributed by atoms with E-state index in [0.717, 1.165) is 43.9 Å². The number of carbonyl (C=O) groups is 2. The maximum absolute atomic E-state index is 12.8. The lowest BCUT2D eigenvalue weighted by Crippen LogP contribution is -2.43. The van der Waals surface area contributed by atoms with Gasteiger partial charge in [0, 0.05) is 31.7 Å². The molecular weight excluding hydrogens is 318 g/mol. The van der Waals surface area contributed by atoms with E-state index < -0.39 is 0 Å². The lowest BCUT2D eigenvalue weighted by atomic mass is 9.95. The Morgan fingerprint density at radius 2 is 1.92 bits per heavy atom. The molecule has 0 aromatic heterocycles. The molecule has 0 aliphatic carbocycles. The van der Waals surface area contributed by atoms with E-state index in [4.69, 9.17) is 4.74 Å². The predicted molar refractivity (Wildman–Crippen MR) is 96.7 cm³/mol. The van der Waals surface area contributed by atoms with E-state index in [2.05, 4.69) is 5.32 Å². The molecule has 1 aromatic carbocycles. The molecule has 2 fully saturated rings. The molecule has 1 unspecified atom stereocenters. The Morgan fingerprint density at radius 3 is 2.52 bits per heavy atom. The first-order valence-electron chi connectivity index (χ1n) is 9.00. The molecule has 2 saturated heterocycles. The molecule has 1 atom stereocenters. The molecule has 1 N–H and O–H groups in total. The molecule has 1 aromatic rings. The van der Waals surface area contributed by atoms with Crippen molar-refractivity contribution in [1.29, 1.82) is 0 Å². The highest BCUT2D eigenvalue weighted by Gasteiger charge is 2.38. The van der Waals surface area contributed by atoms with Crippen molar-refractivity contribution in [3.05, 3.63) is 24.3 Å². The second kappa shape index (κ2) is 7.87. The molecule has 0 bridgehead atoms. The molecule has 3 rings (SSSR count). The van der Waals surface area contributed by atoms with Gasteiger partial charge in [0.25, 0.3) is 0 Å². The summed E-state index contributed by atoms with van der Waals surface area (Å²) in [6.45, 7) is 3.09. The maximum atomic E-state index is 12.8. The van der Waals surface area contributed by atoms with Crippen molar-refractivity contribution in [2.75, 3.05) is 45.2 Å². The van der Waals surface area contributed by atoms with E-state index in [0.29, 0.717) is 18.9 Å². The predicted octanol–water partition coefficient (Wildman–Crippen LogP) is 1.51. The summed E-state index contributed by atoms with van der Waals surface area (Å²) in [7, 11) is 3.58. The number of methoxy groups -OCH3 is 1. The molecule has 2 heterocycles. The minimum Gasteiger partial charge on any atom is -0.497 e. The summed E-state index contributed by atoms with van der Waals surface area (Å²) in [6, 6.07) is 7.41. The van der Waals surface area contributed by atoms with E-state index in [1.807, 2.05) is 36.2 Å². The van der Waals surface area contributed by atoms with Crippen LogP contribution in [0.15, 0.2) is 24.3 Å². The number of ether oxygens (including phenoxy) is 1. The maximum Gasteiger partial charge on any atom is 0.228 e. The monoisotopic (exact) mass is 345 g/mol. The van der Waals surface area contributed by atoms with Gasteiger partial charge in [-0.05, 0) is 56.6 Å². The van der Waals surface area contributed by atoms with Gasteiger partial charge in [0.2, 0.25) is 11.8 Å². The van der Waals surface area contributed by atoms with Gasteiger partial charge in [-0.25, -0.2) is 0 Å². The number of hydrogen-bond donors (Lipinski definition) is 1. The molecular formula is C19H27N3O3. The lowest BCUT2D eigenvalue weighted by Gasteiger charge is -2.33. The first-order chi connectivity index (χ1) is 12.1. The van der Waals surface area contributed by atoms with Crippen molar-refractivity contribution in [3.63, 3.8) is 0 Å². The Labute approximate surface area is 149 Å². The summed E-state index contributed by atoms with van der Waals surface area (Å²) >= 11 is 0. The van der Waals surface area contributed by atoms with Crippen LogP contribution in [0.5, 0.6) is 5.75 Å². The van der Waals surface area contributed by atoms with E-state index in [1.54, 1.807) is 12.0 Å². The Kier molecular flexibility index (Phi) is 5.58. The zero-order valence-electron chi connectivity index (χ0n) is 15.0. The molecule has 6 nitrogen and oxygen atoms in total. The third-order valence-corrected chi connectivity index (χ3v) is 5.28. The third kappa shape index (κ3) is 3.95. The zero-order valence-corrected chi connectivity index (χ0v) is 15.0. The average Bonchev–Trinajstić information content (AvgIpc) is 3.04. The highest BCUT2D eigenvalue weighted by Crippen LogP contribution is 2.29. The molecule has 136 valence electrons. The number of benzene rings is 1. The third-order valence-electron chi connectivity index (χ3n) is 5.28. The van der Waals surface area contributed by atoms with E-state index in [1.165, 1.54) is 0 Å². The second-order valence-corrected chi connectivity index (χ2v) is 6.93. The Morgan fingerprint density at radius 1 is 1.24 bits per heavy atom. The fraction of sp³-hybridized carbons (Fsp3) is 0.579. The SMILES string of the molecule is CNCC1CCN(C(=O)C2CC(=O)N(c3ccc(OC)cc3)C2)CC1. The van der Waals surface area contributed by atoms with Gasteiger partial charge in [0.15, 0.2) is 0 Å². The van der Waals surface area contributed by atoms with Gasteiger partial charge in [0.1, 0.15) is 5.75 Å². The summed E-state index contributed by atoms with van der Waals surface area (Å²) in [4.78, 5) is 28.8. The summed E-state index contributed by atoms with van der Waals surface area (Å²) in [6.07, 6.45) is 2.38. The minimum atomic E-state index is -0.226. The quantitative estimate of drug-likeness (QED) is 0.879. The normalized spacial score (nSPS) is 21.7. The minimum absolute atomic E-state index is 0.0218. The lowest BCUT2D eigenvalue weighted by molar-refractivity contribution is -0.137. The highest BCUT2D eigenvalue weighted by molar-refractivity contribution is 6.00. The molecule has 0 saturated carbocycles. The molecule has 25 heavy (non-hydrogen) atoms. The number of hydrogen-bond acceptors (Lipinski definition) is 4. The van der Waals surface area contributed by atoms with Crippen molar-refractivity contribution in [1.82, 2.24) is 10.2 Å². The van der Waals surface area contributed by atoms with E-state index in [9.17, 15) is 9.59 Å². The number of nitrogens with zero attached hydrogens (tertiary/aromatic N) is 2. The number of anilines is 1. The molecule has 6 heteroatoms. The molecule has 2 aliphatic heterocycles. The fourth-order valence-electron chi connectivity index (χ4n) is 3.79. The van der Waals surface area contributed by atoms with Crippen LogP contribution in [0.25, 0.3) is 0 Å². The van der Waals surface area contributed by atoms with Gasteiger partial charge in [-0.1, -0.05) is 0 Å². The largest absolute Gasteiger partial charge is 0.497 e. The number of amides is 2. The number of likely N-dealkylation sites (tertiary alicyclic amines) is 1. The number of rotatable bonds is 5. The molecule has 0 spiro atoms. The zero-order chi connectivity index (χ0) is 17.8. The van der Waals surface area contributed by atoms with Crippen LogP contribution in [-0.2, 0) is 9.59 Å². The molecule has 2 aliphatic rings. The first-order valence-corrected chi connectivity index (χ1v) is 9.00. The van der Waals surface area contributed by atoms with Crippen molar-refractivity contribution >= 4 is 17.5 Å². The van der Waals surface area contributed by atoms with Gasteiger partial charge < -0.3 is 19.9 Å². The van der Waals surface area contributed by atoms with Crippen molar-refractivity contribution in [3.8, 4) is 5.75 Å². The summed E-state index contributed by atoms with van der Waals surface area (Å²) in [5.41, 5.74) is 0.828. The van der Waals surface area contributed by atoms with Crippen LogP contribution in [0, 0.1) is 11.8 Å². The van der Waals surface area contributed by atoms with Gasteiger partial charge in [-0.3, -0.25) is 9.59 Å². The van der Waals surface area contributed by atoms with Gasteiger partial charge in [-0.2, -0.15) is 0 Å². The van der Waals surface area contributed by atoms with Crippen molar-refractivity contribution in [2.45, 2.75) is 19.3 Å². The van der Waals surface area contributed by atoms with Gasteiger partial charge in [-0.15, -0.1) is 0 Å². The van der Waals surface area contributed by atoms with Crippen molar-refractivity contribution < 1.29 is 14.3 Å². The van der Waals surface area contributed by atoms with Crippen LogP contribution in [0.1, 0.15) is 19.3 Å². The summed E-state index contributed by atoms with van der Waals surface area (Å²) in [5.74, 6) is 1.33. The van der Waals surface area contributed by atoms with Gasteiger partial charge >= 0.3 is 0 Å². The van der Waals surface area contributed by atoms with Gasteiger partial charge in [0.05, 0.1) is 13.0 Å². The van der Waals surface area contributed by atoms with E-state index >= 15 is 0 Å². The second-order valence-electron chi connectivity index (χ2n) is 6.93. The summed E-state index contributed by atoms with van der Waals surface area (Å²) < 4.78 is 5.15. The van der Waals surface area contributed by atoms with Crippen molar-refractivity contribution in [2.24, 2.45) is 11.8 Å². The van der Waals surface area contributed by atoms with E-state index in [-0.39, 0.29) is 17.7 Å². The molecule has 2 amide bonds. The molecule has 0 radical (unpaired) electrons. The van der Waals surface area contributed by atoms with Crippen LogP contribution < -0.4 is 15.0 Å². The number of nitrogens with one attached hydrogen (secondary N) is 1. The fourth-order valence-corrected chi connectivity index (χ4v) is 3.79. The Hall–Kier alpha value is -2.08. The van der Waals surface area contributed by atoms with Crippen LogP contribution >= 0.6 is 0 Å². The summed E-state index contributed by atoms with van der Waals surface area (Å²) in [5, 5.41) is 3.21.